The number of nitrogens with zero attached hydrogens (tertiary/aromatic N) is 2. The molecular formula is C16H41LiN3+. The van der Waals surface area contributed by atoms with Gasteiger partial charge in [0.2, 0.25) is 0 Å². The first-order valence-corrected chi connectivity index (χ1v) is 7.80. The van der Waals surface area contributed by atoms with Crippen LogP contribution in [0.5, 0.6) is 0 Å². The van der Waals surface area contributed by atoms with Crippen LogP contribution in [0.4, 0.5) is 0 Å². The van der Waals surface area contributed by atoms with Crippen LogP contribution >= 0.6 is 0 Å². The van der Waals surface area contributed by atoms with E-state index in [0.717, 1.165) is 6.54 Å². The SMILES string of the molecule is CCCCCCCCCCN.CN(C)C.CN(C)C.[Li+]. The van der Waals surface area contributed by atoms with Crippen LogP contribution in [-0.2, 0) is 0 Å². The van der Waals surface area contributed by atoms with Crippen LogP contribution in [0.3, 0.4) is 0 Å². The average Bonchev–Trinajstić information content (AvgIpc) is 2.26. The normalized spacial score (nSPS) is 9.30. The maximum Gasteiger partial charge on any atom is 1.00 e. The monoisotopic (exact) mass is 282 g/mol. The van der Waals surface area contributed by atoms with Gasteiger partial charge < -0.3 is 15.5 Å². The van der Waals surface area contributed by atoms with Crippen LogP contribution in [0.1, 0.15) is 58.3 Å². The van der Waals surface area contributed by atoms with Crippen molar-refractivity contribution in [2.24, 2.45) is 5.73 Å². The predicted octanol–water partition coefficient (Wildman–Crippen LogP) is 0.445. The number of rotatable bonds is 8. The molecule has 0 fully saturated rings. The fourth-order valence-electron chi connectivity index (χ4n) is 1.28. The second-order valence-corrected chi connectivity index (χ2v) is 5.95. The molecule has 0 rings (SSSR count). The Bertz CT molecular complexity index is 111. The summed E-state index contributed by atoms with van der Waals surface area (Å²) in [6.07, 6.45) is 11.0. The summed E-state index contributed by atoms with van der Waals surface area (Å²) in [5.74, 6) is 0. The summed E-state index contributed by atoms with van der Waals surface area (Å²) in [5.41, 5.74) is 5.39. The minimum absolute atomic E-state index is 0. The Morgan fingerprint density at radius 3 is 1.10 bits per heavy atom. The van der Waals surface area contributed by atoms with Gasteiger partial charge in [0.1, 0.15) is 0 Å². The predicted molar refractivity (Wildman–Crippen MR) is 90.9 cm³/mol. The van der Waals surface area contributed by atoms with Crippen molar-refractivity contribution < 1.29 is 18.9 Å². The van der Waals surface area contributed by atoms with Crippen molar-refractivity contribution in [2.75, 3.05) is 48.8 Å². The fraction of sp³-hybridized carbons (Fsp3) is 1.00. The molecule has 4 heteroatoms. The third-order valence-electron chi connectivity index (χ3n) is 2.06. The molecule has 0 saturated carbocycles. The van der Waals surface area contributed by atoms with Crippen molar-refractivity contribution in [1.82, 2.24) is 9.80 Å². The molecule has 0 aromatic rings. The molecule has 3 nitrogen and oxygen atoms in total. The van der Waals surface area contributed by atoms with Gasteiger partial charge in [0, 0.05) is 0 Å². The Morgan fingerprint density at radius 2 is 0.850 bits per heavy atom. The topological polar surface area (TPSA) is 32.5 Å². The second kappa shape index (κ2) is 27.8. The van der Waals surface area contributed by atoms with Crippen LogP contribution in [-0.4, -0.2) is 58.6 Å². The van der Waals surface area contributed by atoms with E-state index in [-0.39, 0.29) is 18.9 Å². The Kier molecular flexibility index (Phi) is 39.7. The van der Waals surface area contributed by atoms with E-state index in [1.165, 1.54) is 51.4 Å². The Balaban J connectivity index is -0.000000119. The van der Waals surface area contributed by atoms with Crippen LogP contribution < -0.4 is 24.6 Å². The smallest absolute Gasteiger partial charge is 0.330 e. The molecule has 20 heavy (non-hydrogen) atoms. The molecule has 0 atom stereocenters. The molecule has 0 aliphatic carbocycles. The van der Waals surface area contributed by atoms with Crippen LogP contribution in [0.2, 0.25) is 0 Å². The Labute approximate surface area is 141 Å². The maximum absolute atomic E-state index is 5.39. The first kappa shape index (κ1) is 28.6. The van der Waals surface area contributed by atoms with Crippen molar-refractivity contribution in [3.63, 3.8) is 0 Å². The van der Waals surface area contributed by atoms with Gasteiger partial charge in [-0.2, -0.15) is 0 Å². The first-order chi connectivity index (χ1) is 8.88. The van der Waals surface area contributed by atoms with Gasteiger partial charge in [-0.15, -0.1) is 0 Å². The van der Waals surface area contributed by atoms with Gasteiger partial charge in [-0.3, -0.25) is 0 Å². The van der Waals surface area contributed by atoms with Gasteiger partial charge in [0.05, 0.1) is 0 Å². The van der Waals surface area contributed by atoms with Gasteiger partial charge in [-0.05, 0) is 55.3 Å². The van der Waals surface area contributed by atoms with Gasteiger partial charge in [-0.25, -0.2) is 0 Å². The second-order valence-electron chi connectivity index (χ2n) is 5.95. The summed E-state index contributed by atoms with van der Waals surface area (Å²) in [5, 5.41) is 0. The molecule has 0 spiro atoms. The van der Waals surface area contributed by atoms with E-state index in [1.807, 2.05) is 52.1 Å². The third kappa shape index (κ3) is 78.5. The maximum atomic E-state index is 5.39. The molecule has 0 unspecified atom stereocenters. The number of hydrogen-bond donors (Lipinski definition) is 1. The van der Waals surface area contributed by atoms with Gasteiger partial charge >= 0.3 is 18.9 Å². The van der Waals surface area contributed by atoms with Gasteiger partial charge in [0.25, 0.3) is 0 Å². The van der Waals surface area contributed by atoms with E-state index in [4.69, 9.17) is 5.73 Å². The zero-order chi connectivity index (χ0) is 15.5. The molecule has 0 heterocycles. The van der Waals surface area contributed by atoms with E-state index in [1.54, 1.807) is 0 Å². The third-order valence-corrected chi connectivity index (χ3v) is 2.06. The molecule has 0 radical (unpaired) electrons. The Hall–Kier alpha value is 0.477. The van der Waals surface area contributed by atoms with E-state index in [2.05, 4.69) is 6.92 Å². The fourth-order valence-corrected chi connectivity index (χ4v) is 1.28. The molecule has 2 N–H and O–H groups in total. The summed E-state index contributed by atoms with van der Waals surface area (Å²) >= 11 is 0. The minimum atomic E-state index is 0. The molecular weight excluding hydrogens is 241 g/mol. The molecule has 0 aliphatic rings. The zero-order valence-corrected chi connectivity index (χ0v) is 15.8. The molecule has 0 bridgehead atoms. The average molecular weight is 282 g/mol. The summed E-state index contributed by atoms with van der Waals surface area (Å²) in [6, 6.07) is 0. The van der Waals surface area contributed by atoms with Crippen molar-refractivity contribution in [3.05, 3.63) is 0 Å². The molecule has 0 aliphatic heterocycles. The molecule has 0 aromatic heterocycles. The van der Waals surface area contributed by atoms with Crippen molar-refractivity contribution in [3.8, 4) is 0 Å². The van der Waals surface area contributed by atoms with Crippen LogP contribution in [0.15, 0.2) is 0 Å². The minimum Gasteiger partial charge on any atom is -0.330 e. The van der Waals surface area contributed by atoms with E-state index in [0.29, 0.717) is 0 Å². The standard InChI is InChI=1S/C10H23N.2C3H9N.Li/c1-2-3-4-5-6-7-8-9-10-11;2*1-4(2)3;/h2-11H2,1H3;2*1-3H3;/q;;;+1. The van der Waals surface area contributed by atoms with Gasteiger partial charge in [0.15, 0.2) is 0 Å². The van der Waals surface area contributed by atoms with Gasteiger partial charge in [-0.1, -0.05) is 51.9 Å². The Morgan fingerprint density at radius 1 is 0.600 bits per heavy atom. The number of hydrogen-bond acceptors (Lipinski definition) is 3. The van der Waals surface area contributed by atoms with Crippen molar-refractivity contribution >= 4 is 0 Å². The summed E-state index contributed by atoms with van der Waals surface area (Å²) in [6.45, 7) is 3.13. The summed E-state index contributed by atoms with van der Waals surface area (Å²) in [7, 11) is 12.0. The van der Waals surface area contributed by atoms with Crippen molar-refractivity contribution in [1.29, 1.82) is 0 Å². The summed E-state index contributed by atoms with van der Waals surface area (Å²) in [4.78, 5) is 4.00. The van der Waals surface area contributed by atoms with Crippen molar-refractivity contribution in [2.45, 2.75) is 58.3 Å². The quantitative estimate of drug-likeness (QED) is 0.518. The van der Waals surface area contributed by atoms with Crippen LogP contribution in [0.25, 0.3) is 0 Å². The molecule has 0 aromatic carbocycles. The number of nitrogens with two attached hydrogens (primary N) is 1. The van der Waals surface area contributed by atoms with E-state index >= 15 is 0 Å². The van der Waals surface area contributed by atoms with E-state index in [9.17, 15) is 0 Å². The van der Waals surface area contributed by atoms with E-state index < -0.39 is 0 Å². The number of unbranched alkanes of at least 4 members (excludes halogenated alkanes) is 7. The first-order valence-electron chi connectivity index (χ1n) is 7.80. The summed E-state index contributed by atoms with van der Waals surface area (Å²) < 4.78 is 0. The largest absolute Gasteiger partial charge is 1.00 e. The molecule has 120 valence electrons. The zero-order valence-electron chi connectivity index (χ0n) is 15.8. The molecule has 0 saturated heterocycles. The molecule has 0 amide bonds. The van der Waals surface area contributed by atoms with Crippen LogP contribution in [0, 0.1) is 0 Å².